The molecular formula is C18H32N+. The average Bonchev–Trinajstić information content (AvgIpc) is 2.45. The molecule has 0 spiro atoms. The maximum absolute atomic E-state index is 2.33. The van der Waals surface area contributed by atoms with Crippen LogP contribution in [-0.2, 0) is 12.0 Å². The number of benzene rings is 1. The van der Waals surface area contributed by atoms with Crippen molar-refractivity contribution >= 4 is 0 Å². The molecule has 1 heteroatoms. The van der Waals surface area contributed by atoms with Gasteiger partial charge in [0.05, 0.1) is 19.6 Å². The number of hydrogen-bond acceptors (Lipinski definition) is 0. The third-order valence-electron chi connectivity index (χ3n) is 5.15. The first-order valence-electron chi connectivity index (χ1n) is 7.87. The van der Waals surface area contributed by atoms with E-state index in [2.05, 4.69) is 65.8 Å². The van der Waals surface area contributed by atoms with E-state index in [4.69, 9.17) is 0 Å². The van der Waals surface area contributed by atoms with Crippen molar-refractivity contribution in [3.8, 4) is 0 Å². The molecule has 0 saturated carbocycles. The molecule has 0 unspecified atom stereocenters. The molecule has 1 aromatic rings. The van der Waals surface area contributed by atoms with E-state index in [0.29, 0.717) is 5.41 Å². The molecule has 1 rings (SSSR count). The third kappa shape index (κ3) is 3.82. The largest absolute Gasteiger partial charge is 0.321 e. The van der Waals surface area contributed by atoms with Crippen LogP contribution in [0.1, 0.15) is 59.1 Å². The highest BCUT2D eigenvalue weighted by molar-refractivity contribution is 5.27. The molecule has 0 aliphatic rings. The summed E-state index contributed by atoms with van der Waals surface area (Å²) in [5.74, 6) is 0. The molecule has 0 saturated heterocycles. The van der Waals surface area contributed by atoms with E-state index in [1.165, 1.54) is 41.7 Å². The fraction of sp³-hybridized carbons (Fsp3) is 0.667. The van der Waals surface area contributed by atoms with E-state index >= 15 is 0 Å². The molecule has 0 aliphatic carbocycles. The highest BCUT2D eigenvalue weighted by Crippen LogP contribution is 2.27. The number of hydrogen-bond donors (Lipinski definition) is 0. The van der Waals surface area contributed by atoms with E-state index in [9.17, 15) is 0 Å². The summed E-state index contributed by atoms with van der Waals surface area (Å²) < 4.78 is 1.19. The van der Waals surface area contributed by atoms with Gasteiger partial charge in [-0.3, -0.25) is 0 Å². The Morgan fingerprint density at radius 3 is 1.68 bits per heavy atom. The smallest absolute Gasteiger partial charge is 0.104 e. The van der Waals surface area contributed by atoms with Crippen LogP contribution >= 0.6 is 0 Å². The summed E-state index contributed by atoms with van der Waals surface area (Å²) in [6, 6.07) is 9.32. The lowest BCUT2D eigenvalue weighted by Gasteiger charge is -2.36. The van der Waals surface area contributed by atoms with Crippen molar-refractivity contribution in [3.05, 3.63) is 35.4 Å². The second-order valence-electron chi connectivity index (χ2n) is 6.38. The Labute approximate surface area is 120 Å². The molecule has 0 heterocycles. The van der Waals surface area contributed by atoms with E-state index in [1.807, 2.05) is 0 Å². The Morgan fingerprint density at radius 2 is 1.32 bits per heavy atom. The SMILES string of the molecule is CCC(C)(C)c1ccc(C[N+](CC)(CC)CC)cc1. The first-order valence-corrected chi connectivity index (χ1v) is 7.87. The Balaban J connectivity index is 2.88. The predicted molar refractivity (Wildman–Crippen MR) is 85.3 cm³/mol. The van der Waals surface area contributed by atoms with Gasteiger partial charge in [0.25, 0.3) is 0 Å². The molecule has 1 nitrogen and oxygen atoms in total. The van der Waals surface area contributed by atoms with Crippen molar-refractivity contribution in [2.45, 2.75) is 59.9 Å². The van der Waals surface area contributed by atoms with Crippen LogP contribution in [-0.4, -0.2) is 24.1 Å². The molecule has 0 N–H and O–H groups in total. The molecule has 0 aliphatic heterocycles. The van der Waals surface area contributed by atoms with Gasteiger partial charge < -0.3 is 4.48 Å². The third-order valence-corrected chi connectivity index (χ3v) is 5.15. The first-order chi connectivity index (χ1) is 8.93. The van der Waals surface area contributed by atoms with Crippen molar-refractivity contribution < 1.29 is 4.48 Å². The quantitative estimate of drug-likeness (QED) is 0.622. The second-order valence-corrected chi connectivity index (χ2v) is 6.38. The zero-order chi connectivity index (χ0) is 14.5. The van der Waals surface area contributed by atoms with E-state index in [1.54, 1.807) is 0 Å². The highest BCUT2D eigenvalue weighted by Gasteiger charge is 2.22. The van der Waals surface area contributed by atoms with E-state index in [-0.39, 0.29) is 0 Å². The second kappa shape index (κ2) is 6.56. The molecule has 1 aromatic carbocycles. The van der Waals surface area contributed by atoms with Gasteiger partial charge in [0.1, 0.15) is 6.54 Å². The van der Waals surface area contributed by atoms with Gasteiger partial charge in [-0.15, -0.1) is 0 Å². The molecule has 0 bridgehead atoms. The summed E-state index contributed by atoms with van der Waals surface area (Å²) in [6.07, 6.45) is 1.19. The molecule has 0 atom stereocenters. The summed E-state index contributed by atoms with van der Waals surface area (Å²) in [5.41, 5.74) is 3.23. The fourth-order valence-electron chi connectivity index (χ4n) is 2.66. The van der Waals surface area contributed by atoms with Crippen molar-refractivity contribution in [3.63, 3.8) is 0 Å². The normalized spacial score (nSPS) is 12.7. The monoisotopic (exact) mass is 262 g/mol. The minimum absolute atomic E-state index is 0.296. The summed E-state index contributed by atoms with van der Waals surface area (Å²) >= 11 is 0. The van der Waals surface area contributed by atoms with Gasteiger partial charge in [0, 0.05) is 5.56 Å². The standard InChI is InChI=1S/C18H32N/c1-7-18(5,6)17-13-11-16(12-14-17)15-19(8-2,9-3)10-4/h11-14H,7-10,15H2,1-6H3/q+1. The molecule has 0 fully saturated rings. The van der Waals surface area contributed by atoms with Crippen LogP contribution in [0.4, 0.5) is 0 Å². The predicted octanol–water partition coefficient (Wildman–Crippen LogP) is 4.75. The van der Waals surface area contributed by atoms with Gasteiger partial charge in [-0.25, -0.2) is 0 Å². The molecule has 0 aromatic heterocycles. The van der Waals surface area contributed by atoms with Gasteiger partial charge in [-0.1, -0.05) is 45.0 Å². The van der Waals surface area contributed by atoms with Crippen LogP contribution in [0.15, 0.2) is 24.3 Å². The van der Waals surface area contributed by atoms with Gasteiger partial charge in [-0.2, -0.15) is 0 Å². The van der Waals surface area contributed by atoms with Crippen LogP contribution in [0.2, 0.25) is 0 Å². The summed E-state index contributed by atoms with van der Waals surface area (Å²) in [6.45, 7) is 18.7. The lowest BCUT2D eigenvalue weighted by molar-refractivity contribution is -0.936. The highest BCUT2D eigenvalue weighted by atomic mass is 15.3. The van der Waals surface area contributed by atoms with Crippen LogP contribution in [0, 0.1) is 0 Å². The molecule has 0 radical (unpaired) electrons. The topological polar surface area (TPSA) is 0 Å². The number of rotatable bonds is 7. The lowest BCUT2D eigenvalue weighted by atomic mass is 9.82. The lowest BCUT2D eigenvalue weighted by Crippen LogP contribution is -2.46. The molecular weight excluding hydrogens is 230 g/mol. The molecule has 19 heavy (non-hydrogen) atoms. The van der Waals surface area contributed by atoms with Crippen LogP contribution < -0.4 is 0 Å². The van der Waals surface area contributed by atoms with E-state index < -0.39 is 0 Å². The zero-order valence-electron chi connectivity index (χ0n) is 13.8. The number of nitrogens with zero attached hydrogens (tertiary/aromatic N) is 1. The van der Waals surface area contributed by atoms with Crippen LogP contribution in [0.25, 0.3) is 0 Å². The van der Waals surface area contributed by atoms with Crippen molar-refractivity contribution in [1.29, 1.82) is 0 Å². The molecule has 108 valence electrons. The maximum atomic E-state index is 2.33. The Hall–Kier alpha value is -0.820. The van der Waals surface area contributed by atoms with Crippen molar-refractivity contribution in [2.24, 2.45) is 0 Å². The average molecular weight is 262 g/mol. The van der Waals surface area contributed by atoms with Gasteiger partial charge >= 0.3 is 0 Å². The number of quaternary nitrogens is 1. The molecule has 0 amide bonds. The summed E-state index contributed by atoms with van der Waals surface area (Å²) in [7, 11) is 0. The minimum Gasteiger partial charge on any atom is -0.321 e. The fourth-order valence-corrected chi connectivity index (χ4v) is 2.66. The van der Waals surface area contributed by atoms with Crippen molar-refractivity contribution in [2.75, 3.05) is 19.6 Å². The van der Waals surface area contributed by atoms with Gasteiger partial charge in [0.2, 0.25) is 0 Å². The maximum Gasteiger partial charge on any atom is 0.104 e. The van der Waals surface area contributed by atoms with E-state index in [0.717, 1.165) is 6.54 Å². The van der Waals surface area contributed by atoms with Crippen molar-refractivity contribution in [1.82, 2.24) is 0 Å². The first kappa shape index (κ1) is 16.2. The summed E-state index contributed by atoms with van der Waals surface area (Å²) in [4.78, 5) is 0. The van der Waals surface area contributed by atoms with Gasteiger partial charge in [0.15, 0.2) is 0 Å². The Bertz CT molecular complexity index is 363. The Morgan fingerprint density at radius 1 is 0.842 bits per heavy atom. The zero-order valence-corrected chi connectivity index (χ0v) is 13.8. The minimum atomic E-state index is 0.296. The van der Waals surface area contributed by atoms with Crippen LogP contribution in [0.5, 0.6) is 0 Å². The van der Waals surface area contributed by atoms with Crippen LogP contribution in [0.3, 0.4) is 0 Å². The Kier molecular flexibility index (Phi) is 5.61. The summed E-state index contributed by atoms with van der Waals surface area (Å²) in [5, 5.41) is 0. The van der Waals surface area contributed by atoms with Gasteiger partial charge in [-0.05, 0) is 38.2 Å².